The van der Waals surface area contributed by atoms with Gasteiger partial charge in [0.15, 0.2) is 23.1 Å². The van der Waals surface area contributed by atoms with E-state index in [9.17, 15) is 55.9 Å². The zero-order valence-corrected chi connectivity index (χ0v) is 35.1. The Morgan fingerprint density at radius 2 is 1.69 bits per heavy atom. The van der Waals surface area contributed by atoms with Gasteiger partial charge in [-0.05, 0) is 66.8 Å². The number of amides is 1. The van der Waals surface area contributed by atoms with Crippen molar-refractivity contribution < 1.29 is 70.1 Å². The average Bonchev–Trinajstić information content (AvgIpc) is 4.00. The van der Waals surface area contributed by atoms with E-state index >= 15 is 4.79 Å². The minimum Gasteiger partial charge on any atom is -0.508 e. The number of anilines is 1. The van der Waals surface area contributed by atoms with Crippen molar-refractivity contribution in [2.24, 2.45) is 21.3 Å². The van der Waals surface area contributed by atoms with Crippen molar-refractivity contribution in [2.45, 2.75) is 92.2 Å². The van der Waals surface area contributed by atoms with Gasteiger partial charge in [-0.2, -0.15) is 0 Å². The van der Waals surface area contributed by atoms with E-state index in [-0.39, 0.29) is 48.9 Å². The second-order valence-electron chi connectivity index (χ2n) is 17.8. The van der Waals surface area contributed by atoms with Crippen molar-refractivity contribution in [3.05, 3.63) is 107 Å². The lowest BCUT2D eigenvalue weighted by Crippen LogP contribution is -2.67. The maximum atomic E-state index is 15.2. The number of rotatable bonds is 11. The molecule has 0 bridgehead atoms. The van der Waals surface area contributed by atoms with E-state index in [1.165, 1.54) is 24.3 Å². The van der Waals surface area contributed by atoms with Crippen LogP contribution in [0.4, 0.5) is 5.69 Å². The highest BCUT2D eigenvalue weighted by Crippen LogP contribution is 2.74. The van der Waals surface area contributed by atoms with Crippen LogP contribution < -0.4 is 9.64 Å². The van der Waals surface area contributed by atoms with Crippen LogP contribution in [0.3, 0.4) is 0 Å². The number of hydrogen-bond acceptors (Lipinski definition) is 15. The van der Waals surface area contributed by atoms with E-state index < -0.39 is 88.6 Å². The minimum atomic E-state index is -3.19. The summed E-state index contributed by atoms with van der Waals surface area (Å²) in [6, 6.07) is 14.0. The molecule has 0 aromatic heterocycles. The van der Waals surface area contributed by atoms with Crippen LogP contribution in [0.1, 0.15) is 66.7 Å². The molecule has 17 nitrogen and oxygen atoms in total. The number of carbonyl (C=O) groups excluding carboxylic acids is 1. The number of phenols is 3. The maximum Gasteiger partial charge on any atom is 0.355 e. The van der Waals surface area contributed by atoms with Crippen molar-refractivity contribution in [2.75, 3.05) is 24.8 Å². The molecule has 10 N–H and O–H groups in total. The van der Waals surface area contributed by atoms with Gasteiger partial charge in [-0.3, -0.25) is 19.7 Å². The van der Waals surface area contributed by atoms with Crippen LogP contribution in [0.2, 0.25) is 0 Å². The number of aromatic hydroxyl groups is 3. The van der Waals surface area contributed by atoms with E-state index in [1.54, 1.807) is 42.6 Å². The summed E-state index contributed by atoms with van der Waals surface area (Å²) < 4.78 is 11.1. The third kappa shape index (κ3) is 6.78. The quantitative estimate of drug-likeness (QED) is 0.0753. The fraction of sp³-hybridized carbons (Fsp3) is 0.417. The molecule has 342 valence electrons. The van der Waals surface area contributed by atoms with Crippen LogP contribution in [0.5, 0.6) is 23.0 Å². The standard InChI is InChI=1S/C48H51N3O14/c52-23-27-12-15-46(45(13-4-1-5-14-45)32-6-2-3-7-35(32)55)29(17-27)21-47(44(61)62)42(46)31-19-36(56)37(64-48(63)43(60)41(59)40(58)38(24-53)65-48)20-33(31)51(47)39(57)11-9-26-8-10-34(54)28(16-26)18-30-22-49-25-50-30/h2-3,6-12,15-16,19-22,27,38,40-43,52-56,58-60,63H,1,4-5,13-14,17-18,23-25H2,(H,61,62). The van der Waals surface area contributed by atoms with Crippen molar-refractivity contribution in [1.29, 1.82) is 0 Å². The molecule has 65 heavy (non-hydrogen) atoms. The topological polar surface area (TPSA) is 283 Å². The molecule has 6 aliphatic rings. The smallest absolute Gasteiger partial charge is 0.355 e. The number of aliphatic carboxylic acids is 1. The van der Waals surface area contributed by atoms with Crippen molar-refractivity contribution >= 4 is 35.6 Å². The first-order valence-corrected chi connectivity index (χ1v) is 21.7. The molecule has 17 heteroatoms. The Labute approximate surface area is 372 Å². The molecule has 9 unspecified atom stereocenters. The van der Waals surface area contributed by atoms with Crippen molar-refractivity contribution in [3.8, 4) is 23.0 Å². The number of benzene rings is 3. The normalized spacial score (nSPS) is 32.2. The first-order valence-electron chi connectivity index (χ1n) is 21.7. The molecule has 9 atom stereocenters. The molecule has 3 aliphatic heterocycles. The van der Waals surface area contributed by atoms with Gasteiger partial charge in [-0.15, -0.1) is 0 Å². The van der Waals surface area contributed by atoms with E-state index in [4.69, 9.17) is 9.47 Å². The lowest BCUT2D eigenvalue weighted by Gasteiger charge is -2.57. The van der Waals surface area contributed by atoms with Gasteiger partial charge in [-0.1, -0.05) is 61.3 Å². The van der Waals surface area contributed by atoms with Gasteiger partial charge in [0.25, 0.3) is 5.91 Å². The monoisotopic (exact) mass is 893 g/mol. The van der Waals surface area contributed by atoms with Gasteiger partial charge in [-0.25, -0.2) is 4.79 Å². The van der Waals surface area contributed by atoms with Crippen LogP contribution in [-0.4, -0.2) is 131 Å². The molecule has 3 aromatic rings. The van der Waals surface area contributed by atoms with Crippen LogP contribution >= 0.6 is 0 Å². The largest absolute Gasteiger partial charge is 0.508 e. The van der Waals surface area contributed by atoms with Crippen molar-refractivity contribution in [1.82, 2.24) is 0 Å². The van der Waals surface area contributed by atoms with Gasteiger partial charge in [0, 0.05) is 65.2 Å². The molecule has 3 aliphatic carbocycles. The molecule has 1 saturated carbocycles. The third-order valence-corrected chi connectivity index (χ3v) is 14.4. The van der Waals surface area contributed by atoms with E-state index in [2.05, 4.69) is 9.98 Å². The maximum absolute atomic E-state index is 15.2. The number of aliphatic imine (C=N–C) groups is 2. The summed E-state index contributed by atoms with van der Waals surface area (Å²) in [4.78, 5) is 39.2. The molecule has 2 fully saturated rings. The Hall–Kier alpha value is -5.92. The molecular weight excluding hydrogens is 843 g/mol. The highest BCUT2D eigenvalue weighted by molar-refractivity contribution is 6.32. The highest BCUT2D eigenvalue weighted by Gasteiger charge is 2.74. The molecule has 1 amide bonds. The summed E-state index contributed by atoms with van der Waals surface area (Å²) in [5.74, 6) is -8.39. The molecule has 0 spiro atoms. The number of carboxylic acid groups (broad SMARTS) is 1. The number of carboxylic acids is 1. The van der Waals surface area contributed by atoms with E-state index in [0.29, 0.717) is 40.8 Å². The SMILES string of the molecule is O=C(C=Cc1ccc(O)c(CC2=NCN=C2)c1)N1c2cc(OC3(O)OC(CO)C(O)C(O)C3O)c(O)cc2C2C1(C(=O)O)C=C1CC(CO)C=CC12C1(c2ccccc2O)CCCCC1. The summed E-state index contributed by atoms with van der Waals surface area (Å²) in [5, 5.41) is 110. The van der Waals surface area contributed by atoms with Crippen LogP contribution in [0.15, 0.2) is 94.5 Å². The predicted molar refractivity (Wildman–Crippen MR) is 234 cm³/mol. The van der Waals surface area contributed by atoms with Gasteiger partial charge in [0.05, 0.1) is 18.0 Å². The fourth-order valence-corrected chi connectivity index (χ4v) is 11.5. The molecule has 0 radical (unpaired) electrons. The van der Waals surface area contributed by atoms with Crippen LogP contribution in [0, 0.1) is 11.3 Å². The first kappa shape index (κ1) is 44.3. The van der Waals surface area contributed by atoms with Crippen LogP contribution in [-0.2, 0) is 26.2 Å². The van der Waals surface area contributed by atoms with Crippen LogP contribution in [0.25, 0.3) is 6.08 Å². The zero-order valence-electron chi connectivity index (χ0n) is 35.1. The zero-order chi connectivity index (χ0) is 46.1. The Morgan fingerprint density at radius 1 is 0.923 bits per heavy atom. The van der Waals surface area contributed by atoms with Gasteiger partial charge in [0.2, 0.25) is 0 Å². The van der Waals surface area contributed by atoms with Gasteiger partial charge >= 0.3 is 11.9 Å². The van der Waals surface area contributed by atoms with E-state index in [1.807, 2.05) is 18.2 Å². The second kappa shape index (κ2) is 16.5. The van der Waals surface area contributed by atoms with E-state index in [0.717, 1.165) is 30.2 Å². The van der Waals surface area contributed by atoms with Gasteiger partial charge in [0.1, 0.15) is 36.5 Å². The second-order valence-corrected chi connectivity index (χ2v) is 17.8. The lowest BCUT2D eigenvalue weighted by atomic mass is 9.45. The molecule has 3 heterocycles. The Morgan fingerprint density at radius 3 is 2.38 bits per heavy atom. The summed E-state index contributed by atoms with van der Waals surface area (Å²) in [5.41, 5.74) is -1.58. The first-order chi connectivity index (χ1) is 31.1. The summed E-state index contributed by atoms with van der Waals surface area (Å²) in [6.07, 6.45) is 5.42. The van der Waals surface area contributed by atoms with Gasteiger partial charge < -0.3 is 60.5 Å². The number of para-hydroxylation sites is 1. The Balaban J connectivity index is 1.25. The third-order valence-electron chi connectivity index (χ3n) is 14.4. The molecule has 9 rings (SSSR count). The number of nitrogens with zero attached hydrogens (tertiary/aromatic N) is 3. The molecule has 3 aromatic carbocycles. The summed E-state index contributed by atoms with van der Waals surface area (Å²) in [6.45, 7) is -0.896. The summed E-state index contributed by atoms with van der Waals surface area (Å²) >= 11 is 0. The number of fused-ring (bicyclic) bond motifs is 5. The number of phenolic OH excluding ortho intramolecular Hbond substituents is 3. The highest BCUT2D eigenvalue weighted by atomic mass is 16.8. The minimum absolute atomic E-state index is 0.00245. The Bertz CT molecular complexity index is 2560. The fourth-order valence-electron chi connectivity index (χ4n) is 11.5. The molecule has 1 saturated heterocycles. The number of aliphatic hydroxyl groups is 6. The summed E-state index contributed by atoms with van der Waals surface area (Å²) in [7, 11) is 0. The predicted octanol–water partition coefficient (Wildman–Crippen LogP) is 2.69. The number of hydrogen-bond donors (Lipinski definition) is 10. The Kier molecular flexibility index (Phi) is 11.2. The molecular formula is C48H51N3O14. The average molecular weight is 894 g/mol. The van der Waals surface area contributed by atoms with Crippen molar-refractivity contribution in [3.63, 3.8) is 0 Å². The number of ether oxygens (including phenoxy) is 2. The number of allylic oxidation sites excluding steroid dienone is 2. The number of aliphatic hydroxyl groups excluding tert-OH is 5. The lowest BCUT2D eigenvalue weighted by molar-refractivity contribution is -0.422. The number of carbonyl (C=O) groups is 2.